The molecule has 0 saturated carbocycles. The van der Waals surface area contributed by atoms with Crippen molar-refractivity contribution in [1.82, 2.24) is 10.2 Å². The summed E-state index contributed by atoms with van der Waals surface area (Å²) in [7, 11) is 0. The zero-order valence-electron chi connectivity index (χ0n) is 6.68. The Hall–Kier alpha value is -0.410. The lowest BCUT2D eigenvalue weighted by atomic mass is 10.0. The Morgan fingerprint density at radius 3 is 2.82 bits per heavy atom. The van der Waals surface area contributed by atoms with Crippen LogP contribution in [0, 0.1) is 0 Å². The molecule has 11 heavy (non-hydrogen) atoms. The van der Waals surface area contributed by atoms with Crippen molar-refractivity contribution in [3.05, 3.63) is 0 Å². The predicted octanol–water partition coefficient (Wildman–Crippen LogP) is -0.377. The van der Waals surface area contributed by atoms with Gasteiger partial charge in [-0.1, -0.05) is 0 Å². The van der Waals surface area contributed by atoms with Gasteiger partial charge in [0, 0.05) is 19.1 Å². The van der Waals surface area contributed by atoms with E-state index in [2.05, 4.69) is 10.2 Å². The van der Waals surface area contributed by atoms with Crippen LogP contribution in [0.1, 0.15) is 12.8 Å². The lowest BCUT2D eigenvalue weighted by molar-refractivity contribution is -0.120. The number of fused-ring (bicyclic) bond motifs is 5. The van der Waals surface area contributed by atoms with Crippen LogP contribution >= 0.6 is 0 Å². The third-order valence-electron chi connectivity index (χ3n) is 2.58. The molecule has 2 bridgehead atoms. The van der Waals surface area contributed by atoms with Gasteiger partial charge < -0.3 is 5.32 Å². The topological polar surface area (TPSA) is 32.3 Å². The SMILES string of the molecule is O=C1CNC2CCN(CC2)C1. The molecule has 0 aromatic rings. The number of carbonyl (C=O) groups excluding carboxylic acids is 1. The second kappa shape index (κ2) is 2.91. The summed E-state index contributed by atoms with van der Waals surface area (Å²) in [6.45, 7) is 3.45. The minimum Gasteiger partial charge on any atom is -0.307 e. The highest BCUT2D eigenvalue weighted by Gasteiger charge is 2.23. The molecule has 0 amide bonds. The summed E-state index contributed by atoms with van der Waals surface area (Å²) in [5.74, 6) is 0.342. The molecular formula is C8H14N2O. The van der Waals surface area contributed by atoms with Crippen molar-refractivity contribution in [3.63, 3.8) is 0 Å². The van der Waals surface area contributed by atoms with Gasteiger partial charge in [-0.3, -0.25) is 9.69 Å². The third kappa shape index (κ3) is 1.60. The summed E-state index contributed by atoms with van der Waals surface area (Å²) >= 11 is 0. The second-order valence-corrected chi connectivity index (χ2v) is 3.47. The van der Waals surface area contributed by atoms with Gasteiger partial charge in [0.05, 0.1) is 13.1 Å². The van der Waals surface area contributed by atoms with E-state index in [9.17, 15) is 4.79 Å². The summed E-state index contributed by atoms with van der Waals surface area (Å²) in [5, 5.41) is 3.28. The molecule has 3 heterocycles. The van der Waals surface area contributed by atoms with E-state index < -0.39 is 0 Å². The van der Waals surface area contributed by atoms with Gasteiger partial charge in [0.1, 0.15) is 0 Å². The van der Waals surface area contributed by atoms with Gasteiger partial charge in [-0.25, -0.2) is 0 Å². The maximum atomic E-state index is 11.1. The second-order valence-electron chi connectivity index (χ2n) is 3.47. The molecule has 3 heteroatoms. The van der Waals surface area contributed by atoms with Gasteiger partial charge in [-0.15, -0.1) is 0 Å². The number of carbonyl (C=O) groups is 1. The van der Waals surface area contributed by atoms with Gasteiger partial charge >= 0.3 is 0 Å². The first-order chi connectivity index (χ1) is 5.34. The highest BCUT2D eigenvalue weighted by molar-refractivity contribution is 5.82. The summed E-state index contributed by atoms with van der Waals surface area (Å²) in [6.07, 6.45) is 2.43. The highest BCUT2D eigenvalue weighted by Crippen LogP contribution is 2.11. The monoisotopic (exact) mass is 154 g/mol. The van der Waals surface area contributed by atoms with E-state index in [0.29, 0.717) is 24.9 Å². The number of ketones is 1. The van der Waals surface area contributed by atoms with Crippen LogP contribution in [0.2, 0.25) is 0 Å². The maximum Gasteiger partial charge on any atom is 0.160 e. The van der Waals surface area contributed by atoms with Crippen molar-refractivity contribution in [3.8, 4) is 0 Å². The first kappa shape index (κ1) is 7.25. The fourth-order valence-corrected chi connectivity index (χ4v) is 1.86. The average molecular weight is 154 g/mol. The lowest BCUT2D eigenvalue weighted by Gasteiger charge is -2.34. The standard InChI is InChI=1S/C8H14N2O/c11-8-5-9-7-1-3-10(6-8)4-2-7/h7,9H,1-6H2. The van der Waals surface area contributed by atoms with E-state index >= 15 is 0 Å². The maximum absolute atomic E-state index is 11.1. The van der Waals surface area contributed by atoms with Gasteiger partial charge in [-0.05, 0) is 12.8 Å². The largest absolute Gasteiger partial charge is 0.307 e. The van der Waals surface area contributed by atoms with Gasteiger partial charge in [0.15, 0.2) is 5.78 Å². The van der Waals surface area contributed by atoms with Crippen molar-refractivity contribution < 1.29 is 4.79 Å². The highest BCUT2D eigenvalue weighted by atomic mass is 16.1. The van der Waals surface area contributed by atoms with Crippen LogP contribution in [0.4, 0.5) is 0 Å². The molecule has 0 aliphatic carbocycles. The molecule has 0 unspecified atom stereocenters. The summed E-state index contributed by atoms with van der Waals surface area (Å²) < 4.78 is 0. The van der Waals surface area contributed by atoms with E-state index in [1.54, 1.807) is 0 Å². The number of hydrogen-bond donors (Lipinski definition) is 1. The Balaban J connectivity index is 2.02. The minimum absolute atomic E-state index is 0.342. The molecule has 3 saturated heterocycles. The molecule has 3 aliphatic rings. The number of nitrogens with zero attached hydrogens (tertiary/aromatic N) is 1. The quantitative estimate of drug-likeness (QED) is 0.516. The van der Waals surface area contributed by atoms with Crippen LogP contribution < -0.4 is 5.32 Å². The van der Waals surface area contributed by atoms with Crippen LogP contribution in [0.25, 0.3) is 0 Å². The molecular weight excluding hydrogens is 140 g/mol. The number of piperidine rings is 1. The van der Waals surface area contributed by atoms with E-state index in [1.807, 2.05) is 0 Å². The number of hydrogen-bond acceptors (Lipinski definition) is 3. The molecule has 62 valence electrons. The smallest absolute Gasteiger partial charge is 0.160 e. The zero-order chi connectivity index (χ0) is 7.68. The summed E-state index contributed by atoms with van der Waals surface area (Å²) in [6, 6.07) is 0.607. The van der Waals surface area contributed by atoms with E-state index in [1.165, 1.54) is 12.8 Å². The van der Waals surface area contributed by atoms with Crippen LogP contribution in [0.15, 0.2) is 0 Å². The van der Waals surface area contributed by atoms with Crippen LogP contribution in [0.3, 0.4) is 0 Å². The minimum atomic E-state index is 0.342. The third-order valence-corrected chi connectivity index (χ3v) is 2.58. The fourth-order valence-electron chi connectivity index (χ4n) is 1.86. The fraction of sp³-hybridized carbons (Fsp3) is 0.875. The Morgan fingerprint density at radius 2 is 2.09 bits per heavy atom. The van der Waals surface area contributed by atoms with Crippen LogP contribution in [-0.2, 0) is 4.79 Å². The number of Topliss-reactive ketones (excluding diaryl/α,β-unsaturated/α-hetero) is 1. The predicted molar refractivity (Wildman–Crippen MR) is 42.5 cm³/mol. The van der Waals surface area contributed by atoms with Crippen molar-refractivity contribution in [2.75, 3.05) is 26.2 Å². The molecule has 3 aliphatic heterocycles. The molecule has 1 N–H and O–H groups in total. The molecule has 0 aromatic heterocycles. The van der Waals surface area contributed by atoms with Crippen molar-refractivity contribution in [2.45, 2.75) is 18.9 Å². The van der Waals surface area contributed by atoms with E-state index in [-0.39, 0.29) is 0 Å². The molecule has 3 fully saturated rings. The number of nitrogens with one attached hydrogen (secondary N) is 1. The van der Waals surface area contributed by atoms with Crippen molar-refractivity contribution >= 4 is 5.78 Å². The van der Waals surface area contributed by atoms with Gasteiger partial charge in [0.25, 0.3) is 0 Å². The molecule has 0 radical (unpaired) electrons. The zero-order valence-corrected chi connectivity index (χ0v) is 6.68. The lowest BCUT2D eigenvalue weighted by Crippen LogP contribution is -2.50. The van der Waals surface area contributed by atoms with Gasteiger partial charge in [-0.2, -0.15) is 0 Å². The van der Waals surface area contributed by atoms with Crippen molar-refractivity contribution in [2.24, 2.45) is 0 Å². The Kier molecular flexibility index (Phi) is 1.92. The van der Waals surface area contributed by atoms with E-state index in [4.69, 9.17) is 0 Å². The Labute approximate surface area is 66.8 Å². The molecule has 3 rings (SSSR count). The van der Waals surface area contributed by atoms with Gasteiger partial charge in [0.2, 0.25) is 0 Å². The van der Waals surface area contributed by atoms with Crippen LogP contribution in [-0.4, -0.2) is 42.9 Å². The number of rotatable bonds is 0. The first-order valence-electron chi connectivity index (χ1n) is 4.32. The average Bonchev–Trinajstić information content (AvgIpc) is 1.98. The molecule has 0 atom stereocenters. The van der Waals surface area contributed by atoms with E-state index in [0.717, 1.165) is 13.1 Å². The summed E-state index contributed by atoms with van der Waals surface area (Å²) in [5.41, 5.74) is 0. The first-order valence-corrected chi connectivity index (χ1v) is 4.32. The molecule has 0 aromatic carbocycles. The summed E-state index contributed by atoms with van der Waals surface area (Å²) in [4.78, 5) is 13.4. The Bertz CT molecular complexity index is 161. The molecule has 0 spiro atoms. The molecule has 3 nitrogen and oxygen atoms in total. The normalized spacial score (nSPS) is 38.4. The van der Waals surface area contributed by atoms with Crippen molar-refractivity contribution in [1.29, 1.82) is 0 Å². The van der Waals surface area contributed by atoms with Crippen LogP contribution in [0.5, 0.6) is 0 Å². The Morgan fingerprint density at radius 1 is 1.36 bits per heavy atom.